The Hall–Kier alpha value is -3.36. The van der Waals surface area contributed by atoms with Crippen molar-refractivity contribution < 1.29 is 14.3 Å². The number of amides is 1. The van der Waals surface area contributed by atoms with Crippen molar-refractivity contribution in [1.29, 1.82) is 5.41 Å². The largest absolute Gasteiger partial charge is 0.497 e. The molecule has 0 radical (unpaired) electrons. The predicted molar refractivity (Wildman–Crippen MR) is 141 cm³/mol. The normalized spacial score (nSPS) is 19.5. The van der Waals surface area contributed by atoms with Crippen molar-refractivity contribution in [1.82, 2.24) is 4.98 Å². The third-order valence-electron chi connectivity index (χ3n) is 6.71. The zero-order chi connectivity index (χ0) is 24.3. The Morgan fingerprint density at radius 3 is 2.74 bits per heavy atom. The van der Waals surface area contributed by atoms with E-state index in [1.54, 1.807) is 13.3 Å². The maximum Gasteiger partial charge on any atom is 0.236 e. The second kappa shape index (κ2) is 10.1. The van der Waals surface area contributed by atoms with Crippen LogP contribution in [0.4, 0.5) is 5.13 Å². The first kappa shape index (κ1) is 23.4. The van der Waals surface area contributed by atoms with E-state index in [0.29, 0.717) is 43.4 Å². The van der Waals surface area contributed by atoms with Crippen LogP contribution in [0.2, 0.25) is 0 Å². The van der Waals surface area contributed by atoms with Crippen LogP contribution >= 0.6 is 11.3 Å². The van der Waals surface area contributed by atoms with Crippen LogP contribution in [0.15, 0.2) is 53.5 Å². The highest BCUT2D eigenvalue weighted by atomic mass is 32.1. The molecule has 0 spiro atoms. The van der Waals surface area contributed by atoms with Gasteiger partial charge in [0.25, 0.3) is 0 Å². The predicted octanol–water partition coefficient (Wildman–Crippen LogP) is 5.61. The van der Waals surface area contributed by atoms with Crippen LogP contribution in [0, 0.1) is 5.41 Å². The van der Waals surface area contributed by atoms with Gasteiger partial charge in [-0.3, -0.25) is 10.2 Å². The lowest BCUT2D eigenvalue weighted by atomic mass is 9.73. The maximum absolute atomic E-state index is 13.7. The number of methoxy groups -OCH3 is 1. The summed E-state index contributed by atoms with van der Waals surface area (Å²) in [6, 6.07) is 13.9. The summed E-state index contributed by atoms with van der Waals surface area (Å²) in [5.74, 6) is 1.12. The maximum atomic E-state index is 13.7. The molecular formula is C27H28N4O3S. The number of thiazole rings is 1. The fourth-order valence-corrected chi connectivity index (χ4v) is 5.52. The number of nitrogens with zero attached hydrogens (tertiary/aromatic N) is 2. The van der Waals surface area contributed by atoms with Gasteiger partial charge in [-0.05, 0) is 60.6 Å². The minimum Gasteiger partial charge on any atom is -0.497 e. The first-order valence-electron chi connectivity index (χ1n) is 11.8. The number of benzene rings is 2. The number of anilines is 1. The number of nitrogens with one attached hydrogen (secondary N) is 2. The number of carbonyl (C=O) groups excluding carboxylic acids is 1. The monoisotopic (exact) mass is 488 g/mol. The number of aromatic nitrogens is 1. The first-order chi connectivity index (χ1) is 17.1. The fraction of sp³-hybridized carbons (Fsp3) is 0.333. The molecule has 3 heterocycles. The van der Waals surface area contributed by atoms with Gasteiger partial charge in [-0.2, -0.15) is 0 Å². The molecule has 1 aromatic heterocycles. The highest BCUT2D eigenvalue weighted by molar-refractivity contribution is 7.22. The van der Waals surface area contributed by atoms with Gasteiger partial charge >= 0.3 is 0 Å². The third kappa shape index (κ3) is 4.90. The number of hydrogen-bond acceptors (Lipinski definition) is 6. The second-order valence-electron chi connectivity index (χ2n) is 8.84. The smallest absolute Gasteiger partial charge is 0.236 e. The number of ether oxygens (including phenoxy) is 2. The molecule has 5 rings (SSSR count). The quantitative estimate of drug-likeness (QED) is 0.488. The molecule has 0 aliphatic carbocycles. The average molecular weight is 489 g/mol. The molecular weight excluding hydrogens is 460 g/mol. The van der Waals surface area contributed by atoms with Crippen molar-refractivity contribution in [3.63, 3.8) is 0 Å². The number of carbonyl (C=O) groups is 1. The summed E-state index contributed by atoms with van der Waals surface area (Å²) in [4.78, 5) is 22.6. The van der Waals surface area contributed by atoms with E-state index in [0.717, 1.165) is 45.5 Å². The molecule has 0 unspecified atom stereocenters. The number of allylic oxidation sites excluding steroid dienone is 2. The summed E-state index contributed by atoms with van der Waals surface area (Å²) >= 11 is 1.44. The zero-order valence-corrected chi connectivity index (χ0v) is 20.5. The fourth-order valence-electron chi connectivity index (χ4n) is 4.63. The molecule has 0 saturated carbocycles. The van der Waals surface area contributed by atoms with E-state index in [2.05, 4.69) is 21.4 Å². The van der Waals surface area contributed by atoms with Gasteiger partial charge in [0.15, 0.2) is 5.13 Å². The van der Waals surface area contributed by atoms with Crippen LogP contribution in [0.1, 0.15) is 43.2 Å². The Bertz CT molecular complexity index is 1300. The number of hydrogen-bond donors (Lipinski definition) is 2. The number of rotatable bonds is 5. The van der Waals surface area contributed by atoms with E-state index in [4.69, 9.17) is 14.9 Å². The molecule has 7 nitrogen and oxygen atoms in total. The highest BCUT2D eigenvalue weighted by Gasteiger charge is 2.42. The summed E-state index contributed by atoms with van der Waals surface area (Å²) in [6.45, 7) is 1.07. The Labute approximate surface area is 208 Å². The molecule has 180 valence electrons. The lowest BCUT2D eigenvalue weighted by Crippen LogP contribution is -2.44. The van der Waals surface area contributed by atoms with Crippen molar-refractivity contribution in [3.8, 4) is 5.75 Å². The van der Waals surface area contributed by atoms with E-state index in [-0.39, 0.29) is 5.91 Å². The summed E-state index contributed by atoms with van der Waals surface area (Å²) in [7, 11) is 1.64. The van der Waals surface area contributed by atoms with Crippen LogP contribution in [-0.2, 0) is 14.9 Å². The second-order valence-corrected chi connectivity index (χ2v) is 9.87. The zero-order valence-electron chi connectivity index (χ0n) is 19.7. The molecule has 35 heavy (non-hydrogen) atoms. The molecule has 2 N–H and O–H groups in total. The molecule has 2 aliphatic heterocycles. The van der Waals surface area contributed by atoms with Crippen molar-refractivity contribution in [3.05, 3.63) is 59.7 Å². The Kier molecular flexibility index (Phi) is 6.74. The van der Waals surface area contributed by atoms with Gasteiger partial charge in [-0.15, -0.1) is 0 Å². The Balaban J connectivity index is 1.41. The van der Waals surface area contributed by atoms with Crippen LogP contribution in [0.5, 0.6) is 5.75 Å². The molecule has 8 heteroatoms. The minimum absolute atomic E-state index is 0.0558. The van der Waals surface area contributed by atoms with Crippen molar-refractivity contribution in [2.24, 2.45) is 4.99 Å². The first-order valence-corrected chi connectivity index (χ1v) is 12.7. The summed E-state index contributed by atoms with van der Waals surface area (Å²) in [5.41, 5.74) is 3.17. The van der Waals surface area contributed by atoms with Crippen molar-refractivity contribution in [2.45, 2.75) is 37.5 Å². The van der Waals surface area contributed by atoms with Crippen LogP contribution in [0.25, 0.3) is 15.8 Å². The topological polar surface area (TPSA) is 96.7 Å². The molecule has 0 atom stereocenters. The SMILES string of the molecule is COc1ccc2nc(NC(=O)C3(c4ccc(/C5=C/CCCC(=N)N=C5)cc4)CCOCC3)sc2c1. The van der Waals surface area contributed by atoms with Crippen molar-refractivity contribution in [2.75, 3.05) is 25.6 Å². The van der Waals surface area contributed by atoms with E-state index in [9.17, 15) is 4.79 Å². The van der Waals surface area contributed by atoms with Crippen LogP contribution in [0.3, 0.4) is 0 Å². The summed E-state index contributed by atoms with van der Waals surface area (Å²) in [5, 5.41) is 11.5. The minimum atomic E-state index is -0.683. The third-order valence-corrected chi connectivity index (χ3v) is 7.64. The van der Waals surface area contributed by atoms with Gasteiger partial charge in [0.2, 0.25) is 5.91 Å². The van der Waals surface area contributed by atoms with Gasteiger partial charge in [-0.25, -0.2) is 9.98 Å². The van der Waals surface area contributed by atoms with Gasteiger partial charge in [-0.1, -0.05) is 41.7 Å². The molecule has 2 aliphatic rings. The molecule has 1 fully saturated rings. The number of fused-ring (bicyclic) bond motifs is 1. The van der Waals surface area contributed by atoms with E-state index >= 15 is 0 Å². The van der Waals surface area contributed by atoms with E-state index in [1.807, 2.05) is 42.5 Å². The molecule has 2 aromatic carbocycles. The number of amidine groups is 1. The summed E-state index contributed by atoms with van der Waals surface area (Å²) in [6.07, 6.45) is 7.72. The van der Waals surface area contributed by atoms with Gasteiger partial charge in [0, 0.05) is 25.8 Å². The standard InChI is InChI=1S/C27H28N4O3S/c1-33-21-10-11-22-23(16-21)35-26(30-22)31-25(32)27(12-14-34-15-13-27)20-8-6-18(7-9-20)19-4-2-3-5-24(28)29-17-19/h4,6-11,16-17,28H,2-3,5,12-15H2,1H3,(H,30,31,32)/b19-4+,28-24?,29-17?. The van der Waals surface area contributed by atoms with Crippen LogP contribution < -0.4 is 10.1 Å². The Morgan fingerprint density at radius 2 is 1.97 bits per heavy atom. The van der Waals surface area contributed by atoms with Gasteiger partial charge in [0.05, 0.1) is 22.7 Å². The Morgan fingerprint density at radius 1 is 1.17 bits per heavy atom. The van der Waals surface area contributed by atoms with Crippen molar-refractivity contribution >= 4 is 50.2 Å². The lowest BCUT2D eigenvalue weighted by molar-refractivity contribution is -0.125. The number of aliphatic imine (C=N–C) groups is 1. The van der Waals surface area contributed by atoms with Gasteiger partial charge in [0.1, 0.15) is 11.6 Å². The molecule has 3 aromatic rings. The van der Waals surface area contributed by atoms with Crippen LogP contribution in [-0.4, -0.2) is 43.3 Å². The average Bonchev–Trinajstić information content (AvgIpc) is 3.28. The molecule has 0 bridgehead atoms. The van der Waals surface area contributed by atoms with E-state index < -0.39 is 5.41 Å². The molecule has 1 saturated heterocycles. The summed E-state index contributed by atoms with van der Waals surface area (Å²) < 4.78 is 11.9. The highest BCUT2D eigenvalue weighted by Crippen LogP contribution is 2.38. The molecule has 1 amide bonds. The van der Waals surface area contributed by atoms with Gasteiger partial charge < -0.3 is 14.8 Å². The lowest BCUT2D eigenvalue weighted by Gasteiger charge is -2.36. The van der Waals surface area contributed by atoms with E-state index in [1.165, 1.54) is 11.3 Å².